The Morgan fingerprint density at radius 2 is 2.19 bits per heavy atom. The maximum Gasteiger partial charge on any atom is 0.231 e. The van der Waals surface area contributed by atoms with E-state index in [1.807, 2.05) is 0 Å². The standard InChI is InChI=1S/C21H27NO4/c1-13-4-6-14(7-5-13)17(23)11-16-19-15(8-9-22(16)2)10-18-20(21(19)24-3)26-12-25-18/h4,10,14,16H,5-9,11-12H2,1-3H3/t14-,16-/m0/s1. The highest BCUT2D eigenvalue weighted by atomic mass is 16.7. The minimum absolute atomic E-state index is 0.0303. The Labute approximate surface area is 154 Å². The number of carbonyl (C=O) groups is 1. The molecule has 0 N–H and O–H groups in total. The number of hydrogen-bond donors (Lipinski definition) is 0. The van der Waals surface area contributed by atoms with Crippen molar-refractivity contribution in [1.29, 1.82) is 0 Å². The number of methoxy groups -OCH3 is 1. The van der Waals surface area contributed by atoms with Crippen LogP contribution in [0.15, 0.2) is 17.7 Å². The Hall–Kier alpha value is -2.01. The molecule has 0 bridgehead atoms. The smallest absolute Gasteiger partial charge is 0.231 e. The minimum atomic E-state index is 0.0303. The molecule has 5 heteroatoms. The number of allylic oxidation sites excluding steroid dienone is 2. The molecule has 26 heavy (non-hydrogen) atoms. The van der Waals surface area contributed by atoms with E-state index < -0.39 is 0 Å². The normalized spacial score (nSPS) is 24.8. The second-order valence-electron chi connectivity index (χ2n) is 7.66. The first-order chi connectivity index (χ1) is 12.6. The first kappa shape index (κ1) is 17.4. The van der Waals surface area contributed by atoms with Crippen LogP contribution in [-0.4, -0.2) is 38.2 Å². The molecule has 4 rings (SSSR count). The van der Waals surface area contributed by atoms with E-state index in [4.69, 9.17) is 14.2 Å². The van der Waals surface area contributed by atoms with E-state index >= 15 is 0 Å². The van der Waals surface area contributed by atoms with Gasteiger partial charge in [0.05, 0.1) is 7.11 Å². The third kappa shape index (κ3) is 2.98. The second-order valence-corrected chi connectivity index (χ2v) is 7.66. The van der Waals surface area contributed by atoms with Crippen LogP contribution >= 0.6 is 0 Å². The van der Waals surface area contributed by atoms with E-state index in [-0.39, 0.29) is 18.8 Å². The quantitative estimate of drug-likeness (QED) is 0.770. The van der Waals surface area contributed by atoms with Crippen LogP contribution in [0.4, 0.5) is 0 Å². The van der Waals surface area contributed by atoms with Gasteiger partial charge >= 0.3 is 0 Å². The van der Waals surface area contributed by atoms with E-state index in [1.165, 1.54) is 11.1 Å². The average Bonchev–Trinajstić information content (AvgIpc) is 3.11. The molecule has 2 aliphatic heterocycles. The van der Waals surface area contributed by atoms with Crippen molar-refractivity contribution in [1.82, 2.24) is 4.90 Å². The van der Waals surface area contributed by atoms with Gasteiger partial charge in [0.1, 0.15) is 5.78 Å². The van der Waals surface area contributed by atoms with Crippen molar-refractivity contribution in [3.05, 3.63) is 28.8 Å². The van der Waals surface area contributed by atoms with Crippen LogP contribution in [0.25, 0.3) is 0 Å². The number of ether oxygens (including phenoxy) is 3. The Morgan fingerprint density at radius 1 is 1.35 bits per heavy atom. The molecule has 0 saturated heterocycles. The Kier molecular flexibility index (Phi) is 4.65. The van der Waals surface area contributed by atoms with Crippen LogP contribution in [-0.2, 0) is 11.2 Å². The van der Waals surface area contributed by atoms with Crippen LogP contribution in [0.5, 0.6) is 17.2 Å². The Bertz CT molecular complexity index is 755. The summed E-state index contributed by atoms with van der Waals surface area (Å²) in [5.41, 5.74) is 3.71. The van der Waals surface area contributed by atoms with Gasteiger partial charge in [0.15, 0.2) is 11.5 Å². The number of benzene rings is 1. The van der Waals surface area contributed by atoms with Gasteiger partial charge < -0.3 is 14.2 Å². The first-order valence-electron chi connectivity index (χ1n) is 9.46. The summed E-state index contributed by atoms with van der Waals surface area (Å²) in [6.45, 7) is 3.30. The summed E-state index contributed by atoms with van der Waals surface area (Å²) in [7, 11) is 3.76. The summed E-state index contributed by atoms with van der Waals surface area (Å²) >= 11 is 0. The van der Waals surface area contributed by atoms with Crippen molar-refractivity contribution in [3.8, 4) is 17.2 Å². The minimum Gasteiger partial charge on any atom is -0.492 e. The largest absolute Gasteiger partial charge is 0.492 e. The summed E-state index contributed by atoms with van der Waals surface area (Å²) in [6, 6.07) is 2.10. The van der Waals surface area contributed by atoms with Gasteiger partial charge in [-0.05, 0) is 51.3 Å². The van der Waals surface area contributed by atoms with Crippen LogP contribution < -0.4 is 14.2 Å². The molecule has 0 fully saturated rings. The van der Waals surface area contributed by atoms with E-state index in [2.05, 4.69) is 31.0 Å². The summed E-state index contributed by atoms with van der Waals surface area (Å²) in [5, 5.41) is 0. The van der Waals surface area contributed by atoms with E-state index in [1.54, 1.807) is 7.11 Å². The summed E-state index contributed by atoms with van der Waals surface area (Å²) < 4.78 is 16.9. The molecule has 0 radical (unpaired) electrons. The van der Waals surface area contributed by atoms with Crippen LogP contribution in [0.3, 0.4) is 0 Å². The van der Waals surface area contributed by atoms with Gasteiger partial charge in [-0.15, -0.1) is 0 Å². The van der Waals surface area contributed by atoms with Crippen molar-refractivity contribution in [2.75, 3.05) is 27.5 Å². The fourth-order valence-corrected chi connectivity index (χ4v) is 4.40. The molecule has 1 aromatic rings. The molecule has 0 aromatic heterocycles. The number of Topliss-reactive ketones (excluding diaryl/α,β-unsaturated/α-hetero) is 1. The third-order valence-electron chi connectivity index (χ3n) is 6.03. The lowest BCUT2D eigenvalue weighted by atomic mass is 9.82. The average molecular weight is 357 g/mol. The molecule has 0 amide bonds. The van der Waals surface area contributed by atoms with Gasteiger partial charge in [0.25, 0.3) is 0 Å². The van der Waals surface area contributed by atoms with Crippen LogP contribution in [0, 0.1) is 5.92 Å². The lowest BCUT2D eigenvalue weighted by Crippen LogP contribution is -2.35. The highest BCUT2D eigenvalue weighted by Gasteiger charge is 2.36. The molecule has 0 unspecified atom stereocenters. The van der Waals surface area contributed by atoms with E-state index in [0.29, 0.717) is 18.0 Å². The van der Waals surface area contributed by atoms with E-state index in [9.17, 15) is 4.79 Å². The van der Waals surface area contributed by atoms with Crippen LogP contribution in [0.1, 0.15) is 49.8 Å². The maximum atomic E-state index is 13.0. The SMILES string of the molecule is COc1c2c(cc3c1[C@H](CC(=O)[C@H]1CC=C(C)CC1)N(C)CC3)OCO2. The fourth-order valence-electron chi connectivity index (χ4n) is 4.40. The summed E-state index contributed by atoms with van der Waals surface area (Å²) in [5.74, 6) is 2.67. The maximum absolute atomic E-state index is 13.0. The fraction of sp³-hybridized carbons (Fsp3) is 0.571. The van der Waals surface area contributed by atoms with Crippen LogP contribution in [0.2, 0.25) is 0 Å². The first-order valence-corrected chi connectivity index (χ1v) is 9.46. The number of fused-ring (bicyclic) bond motifs is 2. The van der Waals surface area contributed by atoms with Gasteiger partial charge in [-0.3, -0.25) is 9.69 Å². The van der Waals surface area contributed by atoms with Crippen molar-refractivity contribution in [3.63, 3.8) is 0 Å². The highest BCUT2D eigenvalue weighted by Crippen LogP contribution is 2.50. The summed E-state index contributed by atoms with van der Waals surface area (Å²) in [4.78, 5) is 15.3. The molecule has 1 aliphatic carbocycles. The number of carbonyl (C=O) groups excluding carboxylic acids is 1. The molecule has 2 heterocycles. The zero-order valence-electron chi connectivity index (χ0n) is 15.8. The number of hydrogen-bond acceptors (Lipinski definition) is 5. The Morgan fingerprint density at radius 3 is 2.92 bits per heavy atom. The van der Waals surface area contributed by atoms with Gasteiger partial charge in [0, 0.05) is 30.5 Å². The molecule has 0 saturated carbocycles. The molecule has 3 aliphatic rings. The van der Waals surface area contributed by atoms with Gasteiger partial charge in [-0.2, -0.15) is 0 Å². The number of nitrogens with zero attached hydrogens (tertiary/aromatic N) is 1. The van der Waals surface area contributed by atoms with Gasteiger partial charge in [-0.1, -0.05) is 11.6 Å². The highest BCUT2D eigenvalue weighted by molar-refractivity contribution is 5.82. The second kappa shape index (κ2) is 6.95. The molecule has 1 aromatic carbocycles. The molecule has 0 spiro atoms. The number of likely N-dealkylation sites (N-methyl/N-ethyl adjacent to an activating group) is 1. The number of rotatable bonds is 4. The summed E-state index contributed by atoms with van der Waals surface area (Å²) in [6.07, 6.45) is 6.57. The third-order valence-corrected chi connectivity index (χ3v) is 6.03. The van der Waals surface area contributed by atoms with E-state index in [0.717, 1.165) is 49.3 Å². The topological polar surface area (TPSA) is 48.0 Å². The van der Waals surface area contributed by atoms with Crippen molar-refractivity contribution < 1.29 is 19.0 Å². The van der Waals surface area contributed by atoms with Gasteiger partial charge in [0.2, 0.25) is 12.5 Å². The molecule has 2 atom stereocenters. The predicted octanol–water partition coefficient (Wildman–Crippen LogP) is 3.66. The monoisotopic (exact) mass is 357 g/mol. The zero-order chi connectivity index (χ0) is 18.3. The Balaban J connectivity index is 1.64. The lowest BCUT2D eigenvalue weighted by molar-refractivity contribution is -0.124. The van der Waals surface area contributed by atoms with Crippen molar-refractivity contribution in [2.45, 2.75) is 45.1 Å². The van der Waals surface area contributed by atoms with Gasteiger partial charge in [-0.25, -0.2) is 0 Å². The molecule has 5 nitrogen and oxygen atoms in total. The molecular formula is C21H27NO4. The van der Waals surface area contributed by atoms with Crippen molar-refractivity contribution >= 4 is 5.78 Å². The lowest BCUT2D eigenvalue weighted by Gasteiger charge is -2.36. The zero-order valence-corrected chi connectivity index (χ0v) is 15.8. The number of ketones is 1. The van der Waals surface area contributed by atoms with Crippen molar-refractivity contribution in [2.24, 2.45) is 5.92 Å². The molecular weight excluding hydrogens is 330 g/mol. The predicted molar refractivity (Wildman–Crippen MR) is 98.9 cm³/mol. The molecule has 140 valence electrons.